The Labute approximate surface area is 183 Å². The van der Waals surface area contributed by atoms with Gasteiger partial charge in [-0.25, -0.2) is 0 Å². The zero-order valence-corrected chi connectivity index (χ0v) is 19.5. The summed E-state index contributed by atoms with van der Waals surface area (Å²) in [6.07, 6.45) is 5.91. The van der Waals surface area contributed by atoms with Crippen molar-refractivity contribution in [3.05, 3.63) is 56.1 Å². The molecule has 1 aliphatic carbocycles. The Morgan fingerprint density at radius 2 is 2.07 bits per heavy atom. The van der Waals surface area contributed by atoms with Gasteiger partial charge in [-0.15, -0.1) is 0 Å². The maximum atomic E-state index is 12.2. The highest BCUT2D eigenvalue weighted by Crippen LogP contribution is 2.49. The van der Waals surface area contributed by atoms with Crippen LogP contribution in [-0.4, -0.2) is 29.4 Å². The molecule has 148 valence electrons. The van der Waals surface area contributed by atoms with Gasteiger partial charge in [0.25, 0.3) is 0 Å². The van der Waals surface area contributed by atoms with Crippen LogP contribution in [0, 0.1) is 25.7 Å². The van der Waals surface area contributed by atoms with E-state index in [1.807, 2.05) is 13.0 Å². The van der Waals surface area contributed by atoms with Gasteiger partial charge in [0, 0.05) is 10.7 Å². The van der Waals surface area contributed by atoms with E-state index in [0.29, 0.717) is 6.61 Å². The van der Waals surface area contributed by atoms with Crippen molar-refractivity contribution in [2.24, 2.45) is 16.8 Å². The number of allylic oxidation sites excluding steroid dienone is 2. The number of ether oxygens (including phenoxy) is 1. The molecule has 4 nitrogen and oxygen atoms in total. The third-order valence-corrected chi connectivity index (χ3v) is 6.80. The van der Waals surface area contributed by atoms with Gasteiger partial charge in [0.05, 0.1) is 29.1 Å². The molecule has 4 unspecified atom stereocenters. The average Bonchev–Trinajstić information content (AvgIpc) is 3.42. The number of carbonyl (C=O) groups is 1. The number of benzene rings is 1. The minimum Gasteiger partial charge on any atom is -0.466 e. The van der Waals surface area contributed by atoms with Crippen molar-refractivity contribution in [1.82, 2.24) is 4.90 Å². The molecule has 4 atom stereocenters. The van der Waals surface area contributed by atoms with Crippen molar-refractivity contribution >= 4 is 43.7 Å². The summed E-state index contributed by atoms with van der Waals surface area (Å²) in [7, 11) is 0. The molecule has 0 radical (unpaired) electrons. The summed E-state index contributed by atoms with van der Waals surface area (Å²) in [6.45, 7) is 6.60. The van der Waals surface area contributed by atoms with Gasteiger partial charge >= 0.3 is 5.97 Å². The van der Waals surface area contributed by atoms with E-state index >= 15 is 0 Å². The zero-order valence-electron chi connectivity index (χ0n) is 16.3. The maximum Gasteiger partial charge on any atom is 0.309 e. The van der Waals surface area contributed by atoms with E-state index in [0.717, 1.165) is 27.6 Å². The van der Waals surface area contributed by atoms with Gasteiger partial charge in [-0.05, 0) is 88.6 Å². The fourth-order valence-electron chi connectivity index (χ4n) is 4.37. The lowest BCUT2D eigenvalue weighted by Gasteiger charge is -2.40. The molecule has 0 spiro atoms. The Morgan fingerprint density at radius 1 is 1.29 bits per heavy atom. The van der Waals surface area contributed by atoms with Gasteiger partial charge in [-0.3, -0.25) is 9.79 Å². The second-order valence-electron chi connectivity index (χ2n) is 7.80. The van der Waals surface area contributed by atoms with E-state index in [1.54, 1.807) is 0 Å². The topological polar surface area (TPSA) is 41.9 Å². The lowest BCUT2D eigenvalue weighted by atomic mass is 9.89. The number of halogens is 2. The summed E-state index contributed by atoms with van der Waals surface area (Å²) in [5.74, 6) is 1.14. The Bertz CT molecular complexity index is 906. The first-order valence-electron chi connectivity index (χ1n) is 9.73. The lowest BCUT2D eigenvalue weighted by molar-refractivity contribution is -0.145. The number of rotatable bonds is 4. The minimum atomic E-state index is -0.0703. The first kappa shape index (κ1) is 19.9. The highest BCUT2D eigenvalue weighted by molar-refractivity contribution is 9.12. The predicted octanol–water partition coefficient (Wildman–Crippen LogP) is 5.55. The monoisotopic (exact) mass is 506 g/mol. The van der Waals surface area contributed by atoms with Crippen molar-refractivity contribution in [3.8, 4) is 0 Å². The molecule has 4 rings (SSSR count). The predicted molar refractivity (Wildman–Crippen MR) is 119 cm³/mol. The maximum absolute atomic E-state index is 12.2. The van der Waals surface area contributed by atoms with E-state index in [-0.39, 0.29) is 29.9 Å². The molecule has 1 aromatic rings. The van der Waals surface area contributed by atoms with Crippen LogP contribution in [0.3, 0.4) is 0 Å². The summed E-state index contributed by atoms with van der Waals surface area (Å²) in [6, 6.07) is 6.96. The zero-order chi connectivity index (χ0) is 20.0. The van der Waals surface area contributed by atoms with E-state index in [1.165, 1.54) is 16.7 Å². The number of nitrogens with zero attached hydrogens (tertiary/aromatic N) is 2. The molecule has 0 amide bonds. The number of aliphatic imine (C=N–C) groups is 1. The SMILES string of the molecule is CCOC(=O)C1CC1C1CC(c2ccc(C)cc2C)N2C=C(Br)C=C(Br)C2=N1. The average molecular weight is 508 g/mol. The first-order valence-corrected chi connectivity index (χ1v) is 11.3. The van der Waals surface area contributed by atoms with E-state index in [4.69, 9.17) is 9.73 Å². The number of hydrogen-bond acceptors (Lipinski definition) is 4. The van der Waals surface area contributed by atoms with Crippen LogP contribution >= 0.6 is 31.9 Å². The summed E-state index contributed by atoms with van der Waals surface area (Å²) in [5.41, 5.74) is 3.87. The quantitative estimate of drug-likeness (QED) is 0.502. The second-order valence-corrected chi connectivity index (χ2v) is 9.57. The van der Waals surface area contributed by atoms with Crippen molar-refractivity contribution in [1.29, 1.82) is 0 Å². The van der Waals surface area contributed by atoms with Gasteiger partial charge in [-0.2, -0.15) is 0 Å². The first-order chi connectivity index (χ1) is 13.4. The van der Waals surface area contributed by atoms with E-state index in [2.05, 4.69) is 75.0 Å². The number of fused-ring (bicyclic) bond motifs is 1. The number of hydrogen-bond donors (Lipinski definition) is 0. The minimum absolute atomic E-state index is 0.00533. The van der Waals surface area contributed by atoms with Crippen molar-refractivity contribution in [2.75, 3.05) is 6.61 Å². The molecular weight excluding hydrogens is 484 g/mol. The van der Waals surface area contributed by atoms with E-state index < -0.39 is 0 Å². The molecular formula is C22H24Br2N2O2. The molecule has 6 heteroatoms. The summed E-state index contributed by atoms with van der Waals surface area (Å²) in [5, 5.41) is 0. The number of esters is 1. The molecule has 2 heterocycles. The Hall–Kier alpha value is -1.40. The number of amidine groups is 1. The Kier molecular flexibility index (Phi) is 5.53. The van der Waals surface area contributed by atoms with Crippen molar-refractivity contribution < 1.29 is 9.53 Å². The number of carbonyl (C=O) groups excluding carboxylic acids is 1. The van der Waals surface area contributed by atoms with Crippen LogP contribution in [-0.2, 0) is 9.53 Å². The largest absolute Gasteiger partial charge is 0.466 e. The summed E-state index contributed by atoms with van der Waals surface area (Å²) >= 11 is 7.31. The molecule has 1 aromatic carbocycles. The summed E-state index contributed by atoms with van der Waals surface area (Å²) in [4.78, 5) is 19.5. The van der Waals surface area contributed by atoms with Crippen LogP contribution in [0.2, 0.25) is 0 Å². The van der Waals surface area contributed by atoms with Crippen LogP contribution in [0.1, 0.15) is 42.5 Å². The highest BCUT2D eigenvalue weighted by atomic mass is 79.9. The van der Waals surface area contributed by atoms with Gasteiger partial charge in [-0.1, -0.05) is 23.8 Å². The molecule has 1 fully saturated rings. The Balaban J connectivity index is 1.68. The third-order valence-electron chi connectivity index (χ3n) is 5.78. The van der Waals surface area contributed by atoms with Gasteiger partial charge in [0.15, 0.2) is 0 Å². The van der Waals surface area contributed by atoms with Gasteiger partial charge in [0.1, 0.15) is 5.84 Å². The van der Waals surface area contributed by atoms with Crippen LogP contribution in [0.15, 0.2) is 44.4 Å². The fraction of sp³-hybridized carbons (Fsp3) is 0.455. The van der Waals surface area contributed by atoms with Crippen molar-refractivity contribution in [3.63, 3.8) is 0 Å². The van der Waals surface area contributed by atoms with Crippen molar-refractivity contribution in [2.45, 2.75) is 45.7 Å². The van der Waals surface area contributed by atoms with Crippen LogP contribution < -0.4 is 0 Å². The third kappa shape index (κ3) is 3.73. The Morgan fingerprint density at radius 3 is 2.79 bits per heavy atom. The normalized spacial score (nSPS) is 28.8. The second kappa shape index (κ2) is 7.79. The van der Waals surface area contributed by atoms with Crippen LogP contribution in [0.4, 0.5) is 0 Å². The number of aryl methyl sites for hydroxylation is 2. The lowest BCUT2D eigenvalue weighted by Crippen LogP contribution is -2.40. The molecule has 1 saturated carbocycles. The van der Waals surface area contributed by atoms with Crippen LogP contribution in [0.25, 0.3) is 0 Å². The summed E-state index contributed by atoms with van der Waals surface area (Å²) < 4.78 is 7.22. The molecule has 0 aromatic heterocycles. The fourth-order valence-corrected chi connectivity index (χ4v) is 5.68. The van der Waals surface area contributed by atoms with Crippen LogP contribution in [0.5, 0.6) is 0 Å². The molecule has 0 saturated heterocycles. The standard InChI is InChI=1S/C22H24Br2N2O2/c1-4-28-22(27)17-9-16(17)19-10-20(15-6-5-12(2)7-13(15)3)26-11-14(23)8-18(24)21(26)25-19/h5-8,11,16-17,19-20H,4,9-10H2,1-3H3. The van der Waals surface area contributed by atoms with Gasteiger partial charge in [0.2, 0.25) is 0 Å². The molecule has 28 heavy (non-hydrogen) atoms. The highest BCUT2D eigenvalue weighted by Gasteiger charge is 2.51. The molecule has 0 bridgehead atoms. The van der Waals surface area contributed by atoms with E-state index in [9.17, 15) is 4.79 Å². The molecule has 2 aliphatic heterocycles. The molecule has 0 N–H and O–H groups in total. The smallest absolute Gasteiger partial charge is 0.309 e. The van der Waals surface area contributed by atoms with Gasteiger partial charge < -0.3 is 9.64 Å². The molecule has 3 aliphatic rings.